The van der Waals surface area contributed by atoms with Gasteiger partial charge in [-0.2, -0.15) is 0 Å². The van der Waals surface area contributed by atoms with Crippen LogP contribution in [0, 0.1) is 0 Å². The molecule has 0 saturated carbocycles. The Balaban J connectivity index is 2.82. The SMILES string of the molecule is CCN(c1nc(C(C)=O)cs1)C(C)COC. The first-order valence-corrected chi connectivity index (χ1v) is 6.20. The Labute approximate surface area is 100 Å². The fraction of sp³-hybridized carbons (Fsp3) is 0.636. The van der Waals surface area contributed by atoms with Crippen molar-refractivity contribution in [2.45, 2.75) is 26.8 Å². The van der Waals surface area contributed by atoms with Gasteiger partial charge in [-0.15, -0.1) is 11.3 Å². The van der Waals surface area contributed by atoms with Gasteiger partial charge in [-0.25, -0.2) is 4.98 Å². The van der Waals surface area contributed by atoms with Crippen LogP contribution in [-0.2, 0) is 4.74 Å². The standard InChI is InChI=1S/C11H18N2O2S/c1-5-13(8(2)6-15-4)11-12-10(7-16-11)9(3)14/h7-8H,5-6H2,1-4H3. The fourth-order valence-corrected chi connectivity index (χ4v) is 2.56. The Bertz CT molecular complexity index is 352. The number of anilines is 1. The smallest absolute Gasteiger partial charge is 0.186 e. The van der Waals surface area contributed by atoms with Gasteiger partial charge in [0.1, 0.15) is 5.69 Å². The molecule has 1 atom stereocenters. The molecular formula is C11H18N2O2S. The van der Waals surface area contributed by atoms with Crippen molar-refractivity contribution in [2.24, 2.45) is 0 Å². The normalized spacial score (nSPS) is 12.5. The molecule has 0 N–H and O–H groups in total. The van der Waals surface area contributed by atoms with Gasteiger partial charge < -0.3 is 9.64 Å². The van der Waals surface area contributed by atoms with Crippen LogP contribution in [0.4, 0.5) is 5.13 Å². The minimum Gasteiger partial charge on any atom is -0.383 e. The van der Waals surface area contributed by atoms with E-state index in [0.29, 0.717) is 12.3 Å². The first kappa shape index (κ1) is 13.1. The fourth-order valence-electron chi connectivity index (χ4n) is 1.52. The average Bonchev–Trinajstić information content (AvgIpc) is 2.68. The third-order valence-corrected chi connectivity index (χ3v) is 3.26. The van der Waals surface area contributed by atoms with E-state index in [0.717, 1.165) is 11.7 Å². The number of Topliss-reactive ketones (excluding diaryl/α,β-unsaturated/α-hetero) is 1. The van der Waals surface area contributed by atoms with Crippen LogP contribution in [0.25, 0.3) is 0 Å². The van der Waals surface area contributed by atoms with Crippen LogP contribution in [0.3, 0.4) is 0 Å². The first-order chi connectivity index (χ1) is 7.60. The Hall–Kier alpha value is -0.940. The van der Waals surface area contributed by atoms with Crippen molar-refractivity contribution in [3.05, 3.63) is 11.1 Å². The Morgan fingerprint density at radius 3 is 2.81 bits per heavy atom. The summed E-state index contributed by atoms with van der Waals surface area (Å²) in [6.45, 7) is 7.20. The number of aromatic nitrogens is 1. The largest absolute Gasteiger partial charge is 0.383 e. The Morgan fingerprint density at radius 2 is 2.38 bits per heavy atom. The number of nitrogens with zero attached hydrogens (tertiary/aromatic N) is 2. The maximum Gasteiger partial charge on any atom is 0.186 e. The van der Waals surface area contributed by atoms with Crippen molar-refractivity contribution >= 4 is 22.3 Å². The van der Waals surface area contributed by atoms with Crippen LogP contribution < -0.4 is 4.90 Å². The summed E-state index contributed by atoms with van der Waals surface area (Å²) in [5, 5.41) is 2.69. The molecule has 0 bridgehead atoms. The first-order valence-electron chi connectivity index (χ1n) is 5.32. The number of thiazole rings is 1. The van der Waals surface area contributed by atoms with E-state index < -0.39 is 0 Å². The molecule has 5 heteroatoms. The van der Waals surface area contributed by atoms with Gasteiger partial charge in [-0.3, -0.25) is 4.79 Å². The Morgan fingerprint density at radius 1 is 1.69 bits per heavy atom. The molecule has 16 heavy (non-hydrogen) atoms. The summed E-state index contributed by atoms with van der Waals surface area (Å²) in [6, 6.07) is 0.265. The molecule has 1 rings (SSSR count). The number of ether oxygens (including phenoxy) is 1. The number of methoxy groups -OCH3 is 1. The third kappa shape index (κ3) is 3.02. The van der Waals surface area contributed by atoms with E-state index in [1.54, 1.807) is 12.5 Å². The average molecular weight is 242 g/mol. The molecule has 0 amide bonds. The van der Waals surface area contributed by atoms with Gasteiger partial charge in [0.05, 0.1) is 12.6 Å². The van der Waals surface area contributed by atoms with E-state index in [1.807, 2.05) is 0 Å². The second-order valence-electron chi connectivity index (χ2n) is 3.66. The Kier molecular flexibility index (Phi) is 4.89. The molecule has 1 aromatic rings. The highest BCUT2D eigenvalue weighted by molar-refractivity contribution is 7.13. The van der Waals surface area contributed by atoms with Gasteiger partial charge >= 0.3 is 0 Å². The molecule has 0 aromatic carbocycles. The van der Waals surface area contributed by atoms with Crippen molar-refractivity contribution < 1.29 is 9.53 Å². The summed E-state index contributed by atoms with van der Waals surface area (Å²) in [6.07, 6.45) is 0. The third-order valence-electron chi connectivity index (χ3n) is 2.38. The van der Waals surface area contributed by atoms with E-state index in [2.05, 4.69) is 23.7 Å². The number of ketones is 1. The van der Waals surface area contributed by atoms with Gasteiger partial charge in [0.2, 0.25) is 0 Å². The summed E-state index contributed by atoms with van der Waals surface area (Å²) in [7, 11) is 1.69. The molecule has 0 aliphatic rings. The molecule has 0 radical (unpaired) electrons. The van der Waals surface area contributed by atoms with Crippen LogP contribution >= 0.6 is 11.3 Å². The molecular weight excluding hydrogens is 224 g/mol. The van der Waals surface area contributed by atoms with Crippen LogP contribution in [0.15, 0.2) is 5.38 Å². The zero-order chi connectivity index (χ0) is 12.1. The summed E-state index contributed by atoms with van der Waals surface area (Å²) >= 11 is 1.50. The maximum absolute atomic E-state index is 11.2. The van der Waals surface area contributed by atoms with Crippen molar-refractivity contribution in [1.29, 1.82) is 0 Å². The molecule has 90 valence electrons. The molecule has 1 aromatic heterocycles. The monoisotopic (exact) mass is 242 g/mol. The zero-order valence-electron chi connectivity index (χ0n) is 10.2. The molecule has 1 unspecified atom stereocenters. The van der Waals surface area contributed by atoms with E-state index in [4.69, 9.17) is 4.74 Å². The molecule has 4 nitrogen and oxygen atoms in total. The molecule has 0 saturated heterocycles. The molecule has 0 aliphatic carbocycles. The predicted molar refractivity (Wildman–Crippen MR) is 66.5 cm³/mol. The van der Waals surface area contributed by atoms with Crippen molar-refractivity contribution in [3.8, 4) is 0 Å². The van der Waals surface area contributed by atoms with Crippen LogP contribution in [0.2, 0.25) is 0 Å². The van der Waals surface area contributed by atoms with Gasteiger partial charge in [0.15, 0.2) is 10.9 Å². The number of likely N-dealkylation sites (N-methyl/N-ethyl adjacent to an activating group) is 1. The van der Waals surface area contributed by atoms with Crippen molar-refractivity contribution in [2.75, 3.05) is 25.2 Å². The highest BCUT2D eigenvalue weighted by atomic mass is 32.1. The highest BCUT2D eigenvalue weighted by Crippen LogP contribution is 2.22. The van der Waals surface area contributed by atoms with E-state index in [-0.39, 0.29) is 11.8 Å². The second kappa shape index (κ2) is 5.96. The van der Waals surface area contributed by atoms with Gasteiger partial charge in [0.25, 0.3) is 0 Å². The minimum atomic E-state index is 0.0120. The molecule has 1 heterocycles. The summed E-state index contributed by atoms with van der Waals surface area (Å²) in [5.41, 5.74) is 0.545. The minimum absolute atomic E-state index is 0.0120. The second-order valence-corrected chi connectivity index (χ2v) is 4.50. The van der Waals surface area contributed by atoms with Crippen LogP contribution in [0.5, 0.6) is 0 Å². The van der Waals surface area contributed by atoms with Crippen LogP contribution in [0.1, 0.15) is 31.3 Å². The number of rotatable bonds is 6. The predicted octanol–water partition coefficient (Wildman–Crippen LogP) is 2.21. The van der Waals surface area contributed by atoms with Gasteiger partial charge in [-0.1, -0.05) is 0 Å². The summed E-state index contributed by atoms with van der Waals surface area (Å²) in [4.78, 5) is 17.6. The van der Waals surface area contributed by atoms with Crippen molar-refractivity contribution in [3.63, 3.8) is 0 Å². The highest BCUT2D eigenvalue weighted by Gasteiger charge is 2.16. The lowest BCUT2D eigenvalue weighted by atomic mass is 10.3. The van der Waals surface area contributed by atoms with Gasteiger partial charge in [-0.05, 0) is 13.8 Å². The zero-order valence-corrected chi connectivity index (χ0v) is 11.0. The molecule has 0 spiro atoms. The van der Waals surface area contributed by atoms with Crippen LogP contribution in [-0.4, -0.2) is 37.1 Å². The van der Waals surface area contributed by atoms with E-state index >= 15 is 0 Å². The lowest BCUT2D eigenvalue weighted by molar-refractivity contribution is 0.101. The summed E-state index contributed by atoms with van der Waals surface area (Å²) < 4.78 is 5.13. The maximum atomic E-state index is 11.2. The number of hydrogen-bond donors (Lipinski definition) is 0. The number of carbonyl (C=O) groups excluding carboxylic acids is 1. The number of hydrogen-bond acceptors (Lipinski definition) is 5. The lowest BCUT2D eigenvalue weighted by Crippen LogP contribution is -2.36. The van der Waals surface area contributed by atoms with E-state index in [1.165, 1.54) is 18.3 Å². The lowest BCUT2D eigenvalue weighted by Gasteiger charge is -2.26. The van der Waals surface area contributed by atoms with Gasteiger partial charge in [0, 0.05) is 26.0 Å². The number of carbonyl (C=O) groups is 1. The summed E-state index contributed by atoms with van der Waals surface area (Å²) in [5.74, 6) is 0.0120. The molecule has 0 aliphatic heterocycles. The quantitative estimate of drug-likeness (QED) is 0.717. The van der Waals surface area contributed by atoms with E-state index in [9.17, 15) is 4.79 Å². The topological polar surface area (TPSA) is 42.4 Å². The molecule has 0 fully saturated rings. The van der Waals surface area contributed by atoms with Crippen molar-refractivity contribution in [1.82, 2.24) is 4.98 Å².